The number of benzene rings is 2. The number of thiophene rings is 1. The number of nitrogens with one attached hydrogen (secondary N) is 1. The molecular formula is C14H10N2O2S. The van der Waals surface area contributed by atoms with Crippen LogP contribution in [0.5, 0.6) is 0 Å². The highest BCUT2D eigenvalue weighted by molar-refractivity contribution is 7.25. The number of hydrogen-bond acceptors (Lipinski definition) is 4. The first-order valence-electron chi connectivity index (χ1n) is 5.67. The minimum atomic E-state index is -0.457. The van der Waals surface area contributed by atoms with E-state index in [4.69, 9.17) is 5.21 Å². The van der Waals surface area contributed by atoms with Gasteiger partial charge in [-0.15, -0.1) is 11.3 Å². The lowest BCUT2D eigenvalue weighted by atomic mass is 10.1. The normalized spacial score (nSPS) is 11.4. The van der Waals surface area contributed by atoms with Crippen molar-refractivity contribution in [3.8, 4) is 0 Å². The van der Waals surface area contributed by atoms with Gasteiger partial charge in [-0.25, -0.2) is 0 Å². The molecule has 1 heterocycles. The molecule has 3 rings (SSSR count). The first-order valence-corrected chi connectivity index (χ1v) is 6.49. The lowest BCUT2D eigenvalue weighted by Gasteiger charge is -2.01. The SMILES string of the molecule is O=C(C=NO)Nc1ccc2sc3ccccc3c2c1. The number of oxime groups is 1. The lowest BCUT2D eigenvalue weighted by molar-refractivity contribution is -0.110. The van der Waals surface area contributed by atoms with Crippen LogP contribution in [0.3, 0.4) is 0 Å². The van der Waals surface area contributed by atoms with Crippen LogP contribution in [0, 0.1) is 0 Å². The third kappa shape index (κ3) is 2.15. The molecule has 0 bridgehead atoms. The molecule has 2 N–H and O–H groups in total. The summed E-state index contributed by atoms with van der Waals surface area (Å²) in [5, 5.41) is 15.9. The van der Waals surface area contributed by atoms with Crippen molar-refractivity contribution < 1.29 is 10.0 Å². The smallest absolute Gasteiger partial charge is 0.270 e. The van der Waals surface area contributed by atoms with Crippen LogP contribution in [0.1, 0.15) is 0 Å². The third-order valence-corrected chi connectivity index (χ3v) is 3.97. The number of fused-ring (bicyclic) bond motifs is 3. The first kappa shape index (κ1) is 11.7. The Morgan fingerprint density at radius 2 is 1.95 bits per heavy atom. The summed E-state index contributed by atoms with van der Waals surface area (Å²) in [6.07, 6.45) is 0.829. The van der Waals surface area contributed by atoms with Gasteiger partial charge in [0.2, 0.25) is 0 Å². The number of amides is 1. The average molecular weight is 270 g/mol. The van der Waals surface area contributed by atoms with Crippen molar-refractivity contribution in [2.75, 3.05) is 5.32 Å². The van der Waals surface area contributed by atoms with Gasteiger partial charge in [-0.05, 0) is 24.3 Å². The zero-order chi connectivity index (χ0) is 13.2. The minimum Gasteiger partial charge on any atom is -0.411 e. The molecule has 0 radical (unpaired) electrons. The highest BCUT2D eigenvalue weighted by Gasteiger charge is 2.06. The maximum Gasteiger partial charge on any atom is 0.270 e. The first-order chi connectivity index (χ1) is 9.28. The van der Waals surface area contributed by atoms with Crippen molar-refractivity contribution >= 4 is 49.3 Å². The van der Waals surface area contributed by atoms with Crippen molar-refractivity contribution in [3.63, 3.8) is 0 Å². The predicted molar refractivity (Wildman–Crippen MR) is 78.2 cm³/mol. The second-order valence-electron chi connectivity index (χ2n) is 4.04. The van der Waals surface area contributed by atoms with Gasteiger partial charge in [0.1, 0.15) is 6.21 Å². The number of rotatable bonds is 2. The van der Waals surface area contributed by atoms with Crippen molar-refractivity contribution in [2.24, 2.45) is 5.16 Å². The fourth-order valence-electron chi connectivity index (χ4n) is 2.03. The van der Waals surface area contributed by atoms with E-state index < -0.39 is 5.91 Å². The van der Waals surface area contributed by atoms with Gasteiger partial charge in [0.05, 0.1) is 0 Å². The molecule has 2 aromatic carbocycles. The van der Waals surface area contributed by atoms with Gasteiger partial charge in [0.25, 0.3) is 5.91 Å². The van der Waals surface area contributed by atoms with E-state index in [1.165, 1.54) is 14.8 Å². The van der Waals surface area contributed by atoms with E-state index in [0.29, 0.717) is 5.69 Å². The topological polar surface area (TPSA) is 61.7 Å². The average Bonchev–Trinajstić information content (AvgIpc) is 2.77. The lowest BCUT2D eigenvalue weighted by Crippen LogP contribution is -2.12. The summed E-state index contributed by atoms with van der Waals surface area (Å²) >= 11 is 1.72. The van der Waals surface area contributed by atoms with Crippen molar-refractivity contribution in [1.29, 1.82) is 0 Å². The molecule has 0 aliphatic heterocycles. The van der Waals surface area contributed by atoms with Crippen LogP contribution in [0.25, 0.3) is 20.2 Å². The summed E-state index contributed by atoms with van der Waals surface area (Å²) in [5.41, 5.74) is 0.681. The molecule has 1 amide bonds. The number of carbonyl (C=O) groups excluding carboxylic acids is 1. The molecule has 0 saturated heterocycles. The molecule has 0 spiro atoms. The van der Waals surface area contributed by atoms with Crippen LogP contribution in [0.4, 0.5) is 5.69 Å². The summed E-state index contributed by atoms with van der Waals surface area (Å²) in [6.45, 7) is 0. The standard InChI is InChI=1S/C14H10N2O2S/c17-14(8-15-18)16-9-5-6-13-11(7-9)10-3-1-2-4-12(10)19-13/h1-8,18H,(H,16,17). The van der Waals surface area contributed by atoms with Crippen molar-refractivity contribution in [1.82, 2.24) is 0 Å². The Morgan fingerprint density at radius 3 is 2.79 bits per heavy atom. The Labute approximate surface area is 113 Å². The fraction of sp³-hybridized carbons (Fsp3) is 0. The van der Waals surface area contributed by atoms with Gasteiger partial charge in [0.15, 0.2) is 0 Å². The van der Waals surface area contributed by atoms with E-state index in [0.717, 1.165) is 11.6 Å². The van der Waals surface area contributed by atoms with Gasteiger partial charge in [-0.2, -0.15) is 0 Å². The highest BCUT2D eigenvalue weighted by atomic mass is 32.1. The van der Waals surface area contributed by atoms with Crippen LogP contribution in [-0.2, 0) is 4.79 Å². The van der Waals surface area contributed by atoms with Crippen LogP contribution in [0.2, 0.25) is 0 Å². The molecule has 0 saturated carbocycles. The molecule has 0 atom stereocenters. The molecular weight excluding hydrogens is 260 g/mol. The Balaban J connectivity index is 2.09. The summed E-state index contributed by atoms with van der Waals surface area (Å²) < 4.78 is 2.40. The van der Waals surface area contributed by atoms with Crippen molar-refractivity contribution in [2.45, 2.75) is 0 Å². The molecule has 19 heavy (non-hydrogen) atoms. The van der Waals surface area contributed by atoms with Crippen LogP contribution in [-0.4, -0.2) is 17.3 Å². The van der Waals surface area contributed by atoms with Gasteiger partial charge >= 0.3 is 0 Å². The maximum absolute atomic E-state index is 11.3. The highest BCUT2D eigenvalue weighted by Crippen LogP contribution is 2.34. The number of anilines is 1. The van der Waals surface area contributed by atoms with E-state index in [9.17, 15) is 4.79 Å². The van der Waals surface area contributed by atoms with Crippen molar-refractivity contribution in [3.05, 3.63) is 42.5 Å². The molecule has 0 aliphatic rings. The Bertz CT molecular complexity index is 792. The molecule has 0 fully saturated rings. The van der Waals surface area contributed by atoms with Gasteiger partial charge in [-0.3, -0.25) is 4.79 Å². The number of hydrogen-bond donors (Lipinski definition) is 2. The zero-order valence-corrected chi connectivity index (χ0v) is 10.6. The van der Waals surface area contributed by atoms with Crippen LogP contribution < -0.4 is 5.32 Å². The van der Waals surface area contributed by atoms with E-state index >= 15 is 0 Å². The maximum atomic E-state index is 11.3. The molecule has 5 heteroatoms. The van der Waals surface area contributed by atoms with Gasteiger partial charge < -0.3 is 10.5 Å². The molecule has 0 aliphatic carbocycles. The molecule has 3 aromatic rings. The molecule has 1 aromatic heterocycles. The second kappa shape index (κ2) is 4.70. The van der Waals surface area contributed by atoms with Gasteiger partial charge in [0, 0.05) is 25.9 Å². The summed E-state index contributed by atoms with van der Waals surface area (Å²) in [4.78, 5) is 11.3. The number of carbonyl (C=O) groups is 1. The zero-order valence-electron chi connectivity index (χ0n) is 9.83. The van der Waals surface area contributed by atoms with E-state index in [1.807, 2.05) is 30.3 Å². The van der Waals surface area contributed by atoms with E-state index in [2.05, 4.69) is 22.6 Å². The molecule has 0 unspecified atom stereocenters. The third-order valence-electron chi connectivity index (χ3n) is 2.82. The Hall–Kier alpha value is -2.40. The van der Waals surface area contributed by atoms with E-state index in [1.54, 1.807) is 11.3 Å². The van der Waals surface area contributed by atoms with Crippen LogP contribution in [0.15, 0.2) is 47.6 Å². The Morgan fingerprint density at radius 1 is 1.16 bits per heavy atom. The molecule has 4 nitrogen and oxygen atoms in total. The predicted octanol–water partition coefficient (Wildman–Crippen LogP) is 3.45. The quantitative estimate of drug-likeness (QED) is 0.425. The number of nitrogens with zero attached hydrogens (tertiary/aromatic N) is 1. The fourth-order valence-corrected chi connectivity index (χ4v) is 3.12. The Kier molecular flexibility index (Phi) is 2.89. The monoisotopic (exact) mass is 270 g/mol. The van der Waals surface area contributed by atoms with Gasteiger partial charge in [-0.1, -0.05) is 23.4 Å². The summed E-state index contributed by atoms with van der Waals surface area (Å²) in [6, 6.07) is 13.9. The van der Waals surface area contributed by atoms with E-state index in [-0.39, 0.29) is 0 Å². The summed E-state index contributed by atoms with van der Waals surface area (Å²) in [5.74, 6) is -0.457. The largest absolute Gasteiger partial charge is 0.411 e. The molecule has 94 valence electrons. The minimum absolute atomic E-state index is 0.457. The second-order valence-corrected chi connectivity index (χ2v) is 5.13. The van der Waals surface area contributed by atoms with Crippen LogP contribution >= 0.6 is 11.3 Å². The summed E-state index contributed by atoms with van der Waals surface area (Å²) in [7, 11) is 0.